The smallest absolute Gasteiger partial charge is 0.324 e. The standard InChI is InChI=1S/C24H19ClF3N3O3S/c1-14-4-3-5-19(10-14)35(33,34)30-23(32)16-7-9-21-22(11-16)31(15(2)29-21)13-17-6-8-18(12-20(17)25)24(26,27)28/h3-12H,13H2,1-2H3,(H,30,32). The van der Waals surface area contributed by atoms with Crippen LogP contribution in [0.5, 0.6) is 0 Å². The Morgan fingerprint density at radius 3 is 2.46 bits per heavy atom. The number of rotatable bonds is 5. The SMILES string of the molecule is Cc1cccc(S(=O)(=O)NC(=O)c2ccc3nc(C)n(Cc4ccc(C(F)(F)F)cc4Cl)c3c2)c1. The molecular weight excluding hydrogens is 503 g/mol. The number of sulfonamides is 1. The number of carbonyl (C=O) groups excluding carboxylic acids is 1. The predicted octanol–water partition coefficient (Wildman–Crippen LogP) is 5.49. The van der Waals surface area contributed by atoms with Crippen LogP contribution in [-0.4, -0.2) is 23.9 Å². The molecule has 0 bridgehead atoms. The average Bonchev–Trinajstić information content (AvgIpc) is 3.08. The number of aromatic nitrogens is 2. The predicted molar refractivity (Wildman–Crippen MR) is 126 cm³/mol. The minimum atomic E-state index is -4.51. The number of alkyl halides is 3. The van der Waals surface area contributed by atoms with Gasteiger partial charge in [0.05, 0.1) is 28.0 Å². The van der Waals surface area contributed by atoms with Gasteiger partial charge in [-0.2, -0.15) is 13.2 Å². The molecule has 0 radical (unpaired) electrons. The van der Waals surface area contributed by atoms with Gasteiger partial charge in [0, 0.05) is 10.6 Å². The Labute approximate surface area is 204 Å². The zero-order chi connectivity index (χ0) is 25.5. The molecule has 0 spiro atoms. The van der Waals surface area contributed by atoms with Crippen molar-refractivity contribution >= 4 is 38.6 Å². The maximum absolute atomic E-state index is 13.0. The van der Waals surface area contributed by atoms with Crippen molar-refractivity contribution in [1.29, 1.82) is 0 Å². The van der Waals surface area contributed by atoms with Crippen molar-refractivity contribution in [2.45, 2.75) is 31.5 Å². The molecule has 0 fully saturated rings. The van der Waals surface area contributed by atoms with Crippen LogP contribution in [0.2, 0.25) is 5.02 Å². The van der Waals surface area contributed by atoms with Crippen LogP contribution in [0, 0.1) is 13.8 Å². The third kappa shape index (κ3) is 5.18. The van der Waals surface area contributed by atoms with Crippen molar-refractivity contribution in [2.24, 2.45) is 0 Å². The molecule has 0 atom stereocenters. The fourth-order valence-electron chi connectivity index (χ4n) is 3.63. The van der Waals surface area contributed by atoms with Crippen LogP contribution in [0.25, 0.3) is 11.0 Å². The Morgan fingerprint density at radius 1 is 1.06 bits per heavy atom. The van der Waals surface area contributed by atoms with Crippen LogP contribution < -0.4 is 4.72 Å². The summed E-state index contributed by atoms with van der Waals surface area (Å²) >= 11 is 6.11. The van der Waals surface area contributed by atoms with Gasteiger partial charge in [0.1, 0.15) is 5.82 Å². The first kappa shape index (κ1) is 24.7. The highest BCUT2D eigenvalue weighted by Crippen LogP contribution is 2.32. The minimum absolute atomic E-state index is 0.0373. The van der Waals surface area contributed by atoms with E-state index in [1.807, 2.05) is 0 Å². The van der Waals surface area contributed by atoms with E-state index >= 15 is 0 Å². The van der Waals surface area contributed by atoms with Crippen molar-refractivity contribution in [3.05, 3.63) is 93.8 Å². The molecule has 1 heterocycles. The van der Waals surface area contributed by atoms with Gasteiger partial charge in [-0.25, -0.2) is 18.1 Å². The summed E-state index contributed by atoms with van der Waals surface area (Å²) in [7, 11) is -4.09. The monoisotopic (exact) mass is 521 g/mol. The normalized spacial score (nSPS) is 12.2. The number of halogens is 4. The summed E-state index contributed by atoms with van der Waals surface area (Å²) in [5.74, 6) is -0.285. The lowest BCUT2D eigenvalue weighted by molar-refractivity contribution is -0.137. The molecule has 1 aromatic heterocycles. The number of imidazole rings is 1. The number of nitrogens with zero attached hydrogens (tertiary/aromatic N) is 2. The van der Waals surface area contributed by atoms with Crippen LogP contribution in [0.3, 0.4) is 0 Å². The topological polar surface area (TPSA) is 81.1 Å². The maximum Gasteiger partial charge on any atom is 0.416 e. The van der Waals surface area contributed by atoms with Gasteiger partial charge >= 0.3 is 6.18 Å². The molecule has 0 saturated carbocycles. The summed E-state index contributed by atoms with van der Waals surface area (Å²) in [6.45, 7) is 3.55. The molecule has 4 aromatic rings. The number of aryl methyl sites for hydroxylation is 2. The van der Waals surface area contributed by atoms with Crippen molar-refractivity contribution in [3.8, 4) is 0 Å². The third-order valence-corrected chi connectivity index (χ3v) is 7.12. The van der Waals surface area contributed by atoms with Gasteiger partial charge in [0.2, 0.25) is 0 Å². The number of amides is 1. The molecule has 0 unspecified atom stereocenters. The maximum atomic E-state index is 13.0. The number of hydrogen-bond acceptors (Lipinski definition) is 4. The first-order valence-corrected chi connectivity index (χ1v) is 12.2. The average molecular weight is 522 g/mol. The molecule has 0 saturated heterocycles. The van der Waals surface area contributed by atoms with E-state index in [-0.39, 0.29) is 22.0 Å². The molecule has 4 rings (SSSR count). The van der Waals surface area contributed by atoms with Crippen LogP contribution in [-0.2, 0) is 22.7 Å². The molecule has 35 heavy (non-hydrogen) atoms. The van der Waals surface area contributed by atoms with Gasteiger partial charge in [-0.3, -0.25) is 4.79 Å². The van der Waals surface area contributed by atoms with E-state index < -0.39 is 27.7 Å². The second kappa shape index (κ2) is 9.01. The Bertz CT molecular complexity index is 1560. The number of hydrogen-bond donors (Lipinski definition) is 1. The van der Waals surface area contributed by atoms with Gasteiger partial charge in [-0.1, -0.05) is 29.8 Å². The number of benzene rings is 3. The summed E-state index contributed by atoms with van der Waals surface area (Å²) in [6.07, 6.45) is -4.51. The van der Waals surface area contributed by atoms with Crippen LogP contribution in [0.4, 0.5) is 13.2 Å². The van der Waals surface area contributed by atoms with Gasteiger partial charge in [0.15, 0.2) is 0 Å². The van der Waals surface area contributed by atoms with Crippen molar-refractivity contribution in [3.63, 3.8) is 0 Å². The second-order valence-corrected chi connectivity index (χ2v) is 10.1. The number of nitrogens with one attached hydrogen (secondary N) is 1. The highest BCUT2D eigenvalue weighted by molar-refractivity contribution is 7.90. The van der Waals surface area contributed by atoms with E-state index in [0.29, 0.717) is 22.4 Å². The summed E-state index contributed by atoms with van der Waals surface area (Å²) < 4.78 is 67.9. The molecule has 1 amide bonds. The van der Waals surface area contributed by atoms with Gasteiger partial charge in [-0.05, 0) is 67.4 Å². The van der Waals surface area contributed by atoms with E-state index in [9.17, 15) is 26.4 Å². The zero-order valence-corrected chi connectivity index (χ0v) is 20.1. The van der Waals surface area contributed by atoms with E-state index in [1.54, 1.807) is 36.6 Å². The quantitative estimate of drug-likeness (QED) is 0.376. The van der Waals surface area contributed by atoms with Gasteiger partial charge in [-0.15, -0.1) is 0 Å². The zero-order valence-electron chi connectivity index (χ0n) is 18.5. The molecule has 3 aromatic carbocycles. The van der Waals surface area contributed by atoms with E-state index in [0.717, 1.165) is 17.7 Å². The molecule has 0 aliphatic heterocycles. The summed E-state index contributed by atoms with van der Waals surface area (Å²) in [4.78, 5) is 17.2. The van der Waals surface area contributed by atoms with E-state index in [4.69, 9.17) is 11.6 Å². The lowest BCUT2D eigenvalue weighted by Gasteiger charge is -2.12. The Balaban J connectivity index is 1.65. The molecule has 0 aliphatic carbocycles. The number of fused-ring (bicyclic) bond motifs is 1. The minimum Gasteiger partial charge on any atom is -0.324 e. The fourth-order valence-corrected chi connectivity index (χ4v) is 4.95. The lowest BCUT2D eigenvalue weighted by atomic mass is 10.1. The van der Waals surface area contributed by atoms with Gasteiger partial charge in [0.25, 0.3) is 15.9 Å². The van der Waals surface area contributed by atoms with Crippen molar-refractivity contribution < 1.29 is 26.4 Å². The Morgan fingerprint density at radius 2 is 1.80 bits per heavy atom. The van der Waals surface area contributed by atoms with E-state index in [2.05, 4.69) is 9.71 Å². The summed E-state index contributed by atoms with van der Waals surface area (Å²) in [5, 5.41) is -0.0563. The van der Waals surface area contributed by atoms with E-state index in [1.165, 1.54) is 30.3 Å². The van der Waals surface area contributed by atoms with Crippen molar-refractivity contribution in [1.82, 2.24) is 14.3 Å². The van der Waals surface area contributed by atoms with Crippen LogP contribution in [0.1, 0.15) is 32.9 Å². The van der Waals surface area contributed by atoms with Crippen LogP contribution >= 0.6 is 11.6 Å². The Hall–Kier alpha value is -3.37. The molecule has 6 nitrogen and oxygen atoms in total. The third-order valence-electron chi connectivity index (χ3n) is 5.44. The summed E-state index contributed by atoms with van der Waals surface area (Å²) in [6, 6.07) is 13.8. The largest absolute Gasteiger partial charge is 0.416 e. The molecule has 1 N–H and O–H groups in total. The highest BCUT2D eigenvalue weighted by atomic mass is 35.5. The first-order valence-electron chi connectivity index (χ1n) is 10.3. The Kier molecular flexibility index (Phi) is 6.37. The number of carbonyl (C=O) groups is 1. The van der Waals surface area contributed by atoms with Crippen LogP contribution in [0.15, 0.2) is 65.6 Å². The molecule has 0 aliphatic rings. The van der Waals surface area contributed by atoms with Gasteiger partial charge < -0.3 is 4.57 Å². The highest BCUT2D eigenvalue weighted by Gasteiger charge is 2.31. The second-order valence-electron chi connectivity index (χ2n) is 8.00. The first-order chi connectivity index (χ1) is 16.3. The fraction of sp³-hybridized carbons (Fsp3) is 0.167. The molecule has 182 valence electrons. The van der Waals surface area contributed by atoms with Crippen molar-refractivity contribution in [2.75, 3.05) is 0 Å². The molecule has 11 heteroatoms. The lowest BCUT2D eigenvalue weighted by Crippen LogP contribution is -2.30. The summed E-state index contributed by atoms with van der Waals surface area (Å²) in [5.41, 5.74) is 1.41. The molecular formula is C24H19ClF3N3O3S.